The Hall–Kier alpha value is -2.18. The Balaban J connectivity index is 2.44. The number of rotatable bonds is 4. The van der Waals surface area contributed by atoms with Crippen LogP contribution in [-0.4, -0.2) is 36.4 Å². The van der Waals surface area contributed by atoms with Gasteiger partial charge in [-0.2, -0.15) is 5.10 Å². The van der Waals surface area contributed by atoms with E-state index in [0.29, 0.717) is 11.5 Å². The summed E-state index contributed by atoms with van der Waals surface area (Å²) in [6.07, 6.45) is 3.11. The van der Waals surface area contributed by atoms with Crippen molar-refractivity contribution in [3.05, 3.63) is 12.5 Å². The minimum atomic E-state index is -0.966. The van der Waals surface area contributed by atoms with Gasteiger partial charge < -0.3 is 10.4 Å². The third kappa shape index (κ3) is 2.09. The fourth-order valence-electron chi connectivity index (χ4n) is 1.78. The van der Waals surface area contributed by atoms with Crippen molar-refractivity contribution >= 4 is 22.8 Å². The quantitative estimate of drug-likeness (QED) is 0.883. The Morgan fingerprint density at radius 1 is 1.30 bits per heavy atom. The molecule has 7 heteroatoms. The lowest BCUT2D eigenvalue weighted by molar-refractivity contribution is -0.149. The molecule has 2 rings (SSSR count). The smallest absolute Gasteiger partial charge is 0.311 e. The lowest BCUT2D eigenvalue weighted by Gasteiger charge is -2.39. The summed E-state index contributed by atoms with van der Waals surface area (Å²) >= 11 is 0. The Kier molecular flexibility index (Phi) is 3.15. The molecule has 2 aromatic heterocycles. The summed E-state index contributed by atoms with van der Waals surface area (Å²) < 4.78 is 1.65. The molecular formula is C13H19N5O2. The van der Waals surface area contributed by atoms with Crippen molar-refractivity contribution in [3.63, 3.8) is 0 Å². The molecule has 0 aliphatic rings. The summed E-state index contributed by atoms with van der Waals surface area (Å²) in [4.78, 5) is 19.8. The number of anilines is 1. The summed E-state index contributed by atoms with van der Waals surface area (Å²) in [7, 11) is 1.80. The number of carboxylic acid groups (broad SMARTS) is 1. The van der Waals surface area contributed by atoms with Gasteiger partial charge in [-0.25, -0.2) is 9.97 Å². The molecule has 0 saturated heterocycles. The van der Waals surface area contributed by atoms with Crippen LogP contribution in [0.2, 0.25) is 0 Å². The molecule has 0 bridgehead atoms. The Bertz CT molecular complexity index is 660. The molecule has 108 valence electrons. The van der Waals surface area contributed by atoms with Crippen molar-refractivity contribution in [2.24, 2.45) is 12.5 Å². The molecule has 0 fully saturated rings. The van der Waals surface area contributed by atoms with Gasteiger partial charge in [-0.3, -0.25) is 9.48 Å². The first kappa shape index (κ1) is 14.2. The highest BCUT2D eigenvalue weighted by atomic mass is 16.4. The van der Waals surface area contributed by atoms with Crippen LogP contribution in [0.4, 0.5) is 5.82 Å². The number of aromatic nitrogens is 4. The fourth-order valence-corrected chi connectivity index (χ4v) is 1.78. The molecule has 7 nitrogen and oxygen atoms in total. The molecular weight excluding hydrogens is 258 g/mol. The average Bonchev–Trinajstić information content (AvgIpc) is 2.72. The first-order valence-corrected chi connectivity index (χ1v) is 6.31. The number of hydrogen-bond donors (Lipinski definition) is 2. The second kappa shape index (κ2) is 4.43. The van der Waals surface area contributed by atoms with E-state index in [1.807, 2.05) is 13.8 Å². The largest absolute Gasteiger partial charge is 0.481 e. The van der Waals surface area contributed by atoms with Crippen LogP contribution in [-0.2, 0) is 11.8 Å². The van der Waals surface area contributed by atoms with Crippen LogP contribution in [0.3, 0.4) is 0 Å². The van der Waals surface area contributed by atoms with Crippen molar-refractivity contribution in [1.29, 1.82) is 0 Å². The van der Waals surface area contributed by atoms with Gasteiger partial charge in [-0.05, 0) is 27.7 Å². The second-order valence-electron chi connectivity index (χ2n) is 5.91. The Labute approximate surface area is 117 Å². The molecule has 0 aliphatic heterocycles. The number of carboxylic acids is 1. The van der Waals surface area contributed by atoms with Crippen LogP contribution in [0.25, 0.3) is 11.0 Å². The summed E-state index contributed by atoms with van der Waals surface area (Å²) in [5.74, 6) is -0.283. The van der Waals surface area contributed by atoms with Crippen molar-refractivity contribution in [1.82, 2.24) is 19.7 Å². The highest BCUT2D eigenvalue weighted by Gasteiger charge is 2.44. The zero-order valence-electron chi connectivity index (χ0n) is 12.3. The maximum atomic E-state index is 11.4. The van der Waals surface area contributed by atoms with Crippen LogP contribution in [0.5, 0.6) is 0 Å². The molecule has 20 heavy (non-hydrogen) atoms. The van der Waals surface area contributed by atoms with Crippen molar-refractivity contribution in [3.8, 4) is 0 Å². The highest BCUT2D eigenvalue weighted by molar-refractivity contribution is 5.87. The van der Waals surface area contributed by atoms with E-state index in [1.54, 1.807) is 31.8 Å². The van der Waals surface area contributed by atoms with Crippen LogP contribution in [0.15, 0.2) is 12.5 Å². The predicted molar refractivity (Wildman–Crippen MR) is 75.4 cm³/mol. The summed E-state index contributed by atoms with van der Waals surface area (Å²) in [5.41, 5.74) is -0.964. The van der Waals surface area contributed by atoms with Crippen molar-refractivity contribution in [2.45, 2.75) is 33.2 Å². The Morgan fingerprint density at radius 3 is 2.55 bits per heavy atom. The zero-order chi connectivity index (χ0) is 15.1. The lowest BCUT2D eigenvalue weighted by atomic mass is 9.74. The first-order chi connectivity index (χ1) is 9.17. The van der Waals surface area contributed by atoms with Crippen LogP contribution < -0.4 is 5.32 Å². The number of aryl methyl sites for hydroxylation is 1. The molecule has 0 saturated carbocycles. The molecule has 0 atom stereocenters. The van der Waals surface area contributed by atoms with Crippen molar-refractivity contribution < 1.29 is 9.90 Å². The molecule has 2 N–H and O–H groups in total. The summed E-state index contributed by atoms with van der Waals surface area (Å²) in [6, 6.07) is 0. The molecule has 0 spiro atoms. The van der Waals surface area contributed by atoms with Gasteiger partial charge in [-0.1, -0.05) is 0 Å². The molecule has 2 heterocycles. The number of nitrogens with zero attached hydrogens (tertiary/aromatic N) is 4. The molecule has 0 aliphatic carbocycles. The van der Waals surface area contributed by atoms with Gasteiger partial charge in [0.2, 0.25) is 0 Å². The number of hydrogen-bond acceptors (Lipinski definition) is 5. The van der Waals surface area contributed by atoms with E-state index in [2.05, 4.69) is 20.4 Å². The van der Waals surface area contributed by atoms with E-state index >= 15 is 0 Å². The number of fused-ring (bicyclic) bond motifs is 1. The van der Waals surface area contributed by atoms with Gasteiger partial charge in [0, 0.05) is 12.6 Å². The summed E-state index contributed by atoms with van der Waals surface area (Å²) in [6.45, 7) is 7.05. The number of nitrogens with one attached hydrogen (secondary N) is 1. The molecule has 0 radical (unpaired) electrons. The topological polar surface area (TPSA) is 92.9 Å². The van der Waals surface area contributed by atoms with E-state index in [1.165, 1.54) is 6.33 Å². The van der Waals surface area contributed by atoms with Crippen LogP contribution in [0, 0.1) is 5.41 Å². The van der Waals surface area contributed by atoms with Crippen molar-refractivity contribution in [2.75, 3.05) is 5.32 Å². The minimum Gasteiger partial charge on any atom is -0.481 e. The molecule has 0 aromatic carbocycles. The second-order valence-corrected chi connectivity index (χ2v) is 5.91. The fraction of sp³-hybridized carbons (Fsp3) is 0.538. The van der Waals surface area contributed by atoms with Gasteiger partial charge in [0.1, 0.15) is 12.1 Å². The molecule has 0 unspecified atom stereocenters. The maximum absolute atomic E-state index is 11.4. The average molecular weight is 277 g/mol. The standard InChI is InChI=1S/C13H19N5O2/c1-12(2,11(19)20)13(3,4)17-9-8-6-16-18(5)10(8)15-7-14-9/h6-7H,1-5H3,(H,19,20)(H,14,15,17). The zero-order valence-corrected chi connectivity index (χ0v) is 12.3. The van der Waals surface area contributed by atoms with E-state index in [-0.39, 0.29) is 0 Å². The minimum absolute atomic E-state index is 0.586. The van der Waals surface area contributed by atoms with Crippen LogP contribution >= 0.6 is 0 Å². The van der Waals surface area contributed by atoms with Crippen LogP contribution in [0.1, 0.15) is 27.7 Å². The number of aliphatic carboxylic acids is 1. The van der Waals surface area contributed by atoms with E-state index < -0.39 is 16.9 Å². The maximum Gasteiger partial charge on any atom is 0.311 e. The predicted octanol–water partition coefficient (Wildman–Crippen LogP) is 1.66. The highest BCUT2D eigenvalue weighted by Crippen LogP contribution is 2.34. The Morgan fingerprint density at radius 2 is 1.95 bits per heavy atom. The van der Waals surface area contributed by atoms with E-state index in [0.717, 1.165) is 5.39 Å². The number of carbonyl (C=O) groups is 1. The van der Waals surface area contributed by atoms with Gasteiger partial charge in [0.05, 0.1) is 17.0 Å². The van der Waals surface area contributed by atoms with E-state index in [4.69, 9.17) is 0 Å². The normalized spacial score (nSPS) is 12.7. The molecule has 2 aromatic rings. The van der Waals surface area contributed by atoms with E-state index in [9.17, 15) is 9.90 Å². The summed E-state index contributed by atoms with van der Waals surface area (Å²) in [5, 5.41) is 17.5. The monoisotopic (exact) mass is 277 g/mol. The first-order valence-electron chi connectivity index (χ1n) is 6.31. The van der Waals surface area contributed by atoms with Gasteiger partial charge in [0.15, 0.2) is 5.65 Å². The molecule has 0 amide bonds. The third-order valence-electron chi connectivity index (χ3n) is 4.06. The SMILES string of the molecule is Cn1ncc2c(NC(C)(C)C(C)(C)C(=O)O)ncnc21. The van der Waals surface area contributed by atoms with Gasteiger partial charge in [0.25, 0.3) is 0 Å². The third-order valence-corrected chi connectivity index (χ3v) is 4.06. The lowest BCUT2D eigenvalue weighted by Crippen LogP contribution is -2.50. The van der Waals surface area contributed by atoms with Gasteiger partial charge in [-0.15, -0.1) is 0 Å². The van der Waals surface area contributed by atoms with Gasteiger partial charge >= 0.3 is 5.97 Å².